The molecule has 1 aliphatic rings. The Labute approximate surface area is 117 Å². The molecule has 3 unspecified atom stereocenters. The van der Waals surface area contributed by atoms with Crippen LogP contribution < -0.4 is 4.74 Å². The van der Waals surface area contributed by atoms with Crippen LogP contribution in [0.1, 0.15) is 25.3 Å². The van der Waals surface area contributed by atoms with Crippen molar-refractivity contribution in [2.24, 2.45) is 11.8 Å². The van der Waals surface area contributed by atoms with E-state index in [1.807, 2.05) is 6.07 Å². The van der Waals surface area contributed by atoms with Crippen molar-refractivity contribution in [3.05, 3.63) is 28.2 Å². The fraction of sp³-hybridized carbons (Fsp3) is 0.571. The van der Waals surface area contributed by atoms with E-state index in [0.29, 0.717) is 17.2 Å². The minimum absolute atomic E-state index is 0.351. The van der Waals surface area contributed by atoms with Crippen molar-refractivity contribution in [1.29, 1.82) is 0 Å². The van der Waals surface area contributed by atoms with Gasteiger partial charge in [0.1, 0.15) is 5.75 Å². The van der Waals surface area contributed by atoms with Crippen LogP contribution in [0.5, 0.6) is 5.75 Å². The van der Waals surface area contributed by atoms with Gasteiger partial charge in [0, 0.05) is 9.85 Å². The van der Waals surface area contributed by atoms with E-state index >= 15 is 0 Å². The Bertz CT molecular complexity index is 394. The number of rotatable bonds is 3. The summed E-state index contributed by atoms with van der Waals surface area (Å²) in [6, 6.07) is 6.17. The molecule has 0 radical (unpaired) electrons. The van der Waals surface area contributed by atoms with Gasteiger partial charge in [0.25, 0.3) is 0 Å². The first kappa shape index (κ1) is 13.2. The third kappa shape index (κ3) is 2.97. The van der Waals surface area contributed by atoms with Crippen LogP contribution in [0, 0.1) is 11.8 Å². The zero-order valence-corrected chi connectivity index (χ0v) is 12.6. The molecule has 1 nitrogen and oxygen atoms in total. The highest BCUT2D eigenvalue weighted by Gasteiger charge is 2.31. The van der Waals surface area contributed by atoms with Crippen LogP contribution in [-0.2, 0) is 6.42 Å². The monoisotopic (exact) mass is 316 g/mol. The molecule has 0 aromatic heterocycles. The summed E-state index contributed by atoms with van der Waals surface area (Å²) >= 11 is 9.90. The molecule has 0 bridgehead atoms. The summed E-state index contributed by atoms with van der Waals surface area (Å²) in [6.07, 6.45) is 3.47. The zero-order chi connectivity index (χ0) is 12.4. The lowest BCUT2D eigenvalue weighted by Gasteiger charge is -2.18. The van der Waals surface area contributed by atoms with Crippen LogP contribution in [0.25, 0.3) is 0 Å². The van der Waals surface area contributed by atoms with E-state index in [4.69, 9.17) is 16.3 Å². The molecule has 94 valence electrons. The minimum atomic E-state index is 0.351. The van der Waals surface area contributed by atoms with Crippen LogP contribution in [-0.4, -0.2) is 12.5 Å². The summed E-state index contributed by atoms with van der Waals surface area (Å²) in [6.45, 7) is 2.27. The molecule has 1 saturated carbocycles. The van der Waals surface area contributed by atoms with E-state index in [1.54, 1.807) is 7.11 Å². The van der Waals surface area contributed by atoms with E-state index in [9.17, 15) is 0 Å². The van der Waals surface area contributed by atoms with Gasteiger partial charge in [0.15, 0.2) is 0 Å². The highest BCUT2D eigenvalue weighted by Crippen LogP contribution is 2.38. The normalized spacial score (nSPS) is 28.4. The number of ether oxygens (including phenoxy) is 1. The van der Waals surface area contributed by atoms with Crippen molar-refractivity contribution in [2.75, 3.05) is 7.11 Å². The SMILES string of the molecule is COc1ccc(Br)c(CC2CCC(Cl)C2C)c1. The third-order valence-corrected chi connectivity index (χ3v) is 5.25. The van der Waals surface area contributed by atoms with E-state index in [0.717, 1.165) is 18.6 Å². The number of hydrogen-bond donors (Lipinski definition) is 0. The van der Waals surface area contributed by atoms with Gasteiger partial charge in [-0.1, -0.05) is 22.9 Å². The van der Waals surface area contributed by atoms with Crippen molar-refractivity contribution in [2.45, 2.75) is 31.6 Å². The molecule has 1 aromatic rings. The standard InChI is InChI=1S/C14H18BrClO/c1-9-10(3-6-14(9)16)7-11-8-12(17-2)4-5-13(11)15/h4-5,8-10,14H,3,6-7H2,1-2H3. The van der Waals surface area contributed by atoms with E-state index in [1.165, 1.54) is 16.5 Å². The lowest BCUT2D eigenvalue weighted by atomic mass is 9.91. The van der Waals surface area contributed by atoms with Gasteiger partial charge in [-0.05, 0) is 54.9 Å². The molecule has 0 heterocycles. The molecule has 0 saturated heterocycles. The Morgan fingerprint density at radius 3 is 2.76 bits per heavy atom. The van der Waals surface area contributed by atoms with Crippen molar-refractivity contribution >= 4 is 27.5 Å². The quantitative estimate of drug-likeness (QED) is 0.737. The molecule has 0 amide bonds. The second kappa shape index (κ2) is 5.62. The zero-order valence-electron chi connectivity index (χ0n) is 10.2. The van der Waals surface area contributed by atoms with Gasteiger partial charge in [-0.15, -0.1) is 11.6 Å². The molecule has 0 aliphatic heterocycles. The van der Waals surface area contributed by atoms with E-state index in [-0.39, 0.29) is 0 Å². The second-order valence-corrected chi connectivity index (χ2v) is 6.29. The maximum atomic E-state index is 6.29. The predicted molar refractivity (Wildman–Crippen MR) is 75.9 cm³/mol. The van der Waals surface area contributed by atoms with Crippen molar-refractivity contribution in [3.8, 4) is 5.75 Å². The molecule has 17 heavy (non-hydrogen) atoms. The molecule has 3 heteroatoms. The molecule has 0 spiro atoms. The molecule has 3 atom stereocenters. The summed E-state index contributed by atoms with van der Waals surface area (Å²) in [5.41, 5.74) is 1.33. The molecule has 2 rings (SSSR count). The minimum Gasteiger partial charge on any atom is -0.497 e. The van der Waals surface area contributed by atoms with Gasteiger partial charge < -0.3 is 4.74 Å². The number of benzene rings is 1. The summed E-state index contributed by atoms with van der Waals surface area (Å²) in [4.78, 5) is 0. The number of hydrogen-bond acceptors (Lipinski definition) is 1. The van der Waals surface area contributed by atoms with Crippen LogP contribution >= 0.6 is 27.5 Å². The lowest BCUT2D eigenvalue weighted by molar-refractivity contribution is 0.407. The van der Waals surface area contributed by atoms with Gasteiger partial charge in [-0.2, -0.15) is 0 Å². The maximum absolute atomic E-state index is 6.29. The Balaban J connectivity index is 2.13. The Hall–Kier alpha value is -0.210. The molecule has 1 aromatic carbocycles. The van der Waals surface area contributed by atoms with Crippen molar-refractivity contribution in [3.63, 3.8) is 0 Å². The van der Waals surface area contributed by atoms with Gasteiger partial charge in [0.2, 0.25) is 0 Å². The van der Waals surface area contributed by atoms with Crippen LogP contribution in [0.2, 0.25) is 0 Å². The van der Waals surface area contributed by atoms with E-state index in [2.05, 4.69) is 35.0 Å². The van der Waals surface area contributed by atoms with Crippen molar-refractivity contribution in [1.82, 2.24) is 0 Å². The maximum Gasteiger partial charge on any atom is 0.119 e. The van der Waals surface area contributed by atoms with Gasteiger partial charge in [-0.25, -0.2) is 0 Å². The Morgan fingerprint density at radius 1 is 1.41 bits per heavy atom. The van der Waals surface area contributed by atoms with Crippen LogP contribution in [0.3, 0.4) is 0 Å². The fourth-order valence-corrected chi connectivity index (χ4v) is 3.34. The number of alkyl halides is 1. The predicted octanol–water partition coefficient (Wildman–Crippen LogP) is 4.65. The first-order valence-electron chi connectivity index (χ1n) is 6.08. The number of halogens is 2. The second-order valence-electron chi connectivity index (χ2n) is 4.87. The summed E-state index contributed by atoms with van der Waals surface area (Å²) in [5.74, 6) is 2.23. The Kier molecular flexibility index (Phi) is 4.37. The lowest BCUT2D eigenvalue weighted by Crippen LogP contribution is -2.13. The smallest absolute Gasteiger partial charge is 0.119 e. The third-order valence-electron chi connectivity index (χ3n) is 3.86. The Morgan fingerprint density at radius 2 is 2.18 bits per heavy atom. The average molecular weight is 318 g/mol. The summed E-state index contributed by atoms with van der Waals surface area (Å²) in [7, 11) is 1.71. The first-order chi connectivity index (χ1) is 8.11. The molecule has 1 aliphatic carbocycles. The van der Waals surface area contributed by atoms with Crippen molar-refractivity contribution < 1.29 is 4.74 Å². The topological polar surface area (TPSA) is 9.23 Å². The molecule has 1 fully saturated rings. The highest BCUT2D eigenvalue weighted by atomic mass is 79.9. The fourth-order valence-electron chi connectivity index (χ4n) is 2.60. The average Bonchev–Trinajstić information content (AvgIpc) is 2.64. The van der Waals surface area contributed by atoms with E-state index < -0.39 is 0 Å². The number of methoxy groups -OCH3 is 1. The molecular weight excluding hydrogens is 300 g/mol. The highest BCUT2D eigenvalue weighted by molar-refractivity contribution is 9.10. The van der Waals surface area contributed by atoms with Crippen LogP contribution in [0.15, 0.2) is 22.7 Å². The summed E-state index contributed by atoms with van der Waals surface area (Å²) in [5, 5.41) is 0.351. The molecular formula is C14H18BrClO. The van der Waals surface area contributed by atoms with Gasteiger partial charge in [0.05, 0.1) is 7.11 Å². The first-order valence-corrected chi connectivity index (χ1v) is 7.31. The van der Waals surface area contributed by atoms with Gasteiger partial charge in [-0.3, -0.25) is 0 Å². The van der Waals surface area contributed by atoms with Crippen LogP contribution in [0.4, 0.5) is 0 Å². The molecule has 0 N–H and O–H groups in total. The summed E-state index contributed by atoms with van der Waals surface area (Å²) < 4.78 is 6.45. The van der Waals surface area contributed by atoms with Gasteiger partial charge >= 0.3 is 0 Å². The largest absolute Gasteiger partial charge is 0.497 e.